The van der Waals surface area contributed by atoms with Crippen LogP contribution in [0.5, 0.6) is 0 Å². The number of nitrogens with zero attached hydrogens (tertiary/aromatic N) is 3. The number of anilines is 2. The van der Waals surface area contributed by atoms with E-state index in [2.05, 4.69) is 25.6 Å². The number of pyridine rings is 1. The second-order valence-electron chi connectivity index (χ2n) is 5.13. The van der Waals surface area contributed by atoms with Crippen LogP contribution in [0.2, 0.25) is 0 Å². The number of carbonyl (C=O) groups is 2. The Morgan fingerprint density at radius 1 is 1.24 bits per heavy atom. The fourth-order valence-electron chi connectivity index (χ4n) is 2.24. The minimum atomic E-state index is -4.50. The topological polar surface area (TPSA) is 109 Å². The highest BCUT2D eigenvalue weighted by atomic mass is 19.4. The van der Waals surface area contributed by atoms with Gasteiger partial charge in [0.15, 0.2) is 0 Å². The zero-order valence-corrected chi connectivity index (χ0v) is 12.5. The molecule has 0 bridgehead atoms. The first kappa shape index (κ1) is 16.6. The van der Waals surface area contributed by atoms with Gasteiger partial charge < -0.3 is 10.6 Å². The number of hydrogen-bond acceptors (Lipinski definition) is 5. The summed E-state index contributed by atoms with van der Waals surface area (Å²) in [5.41, 5.74) is 1.99. The van der Waals surface area contributed by atoms with Crippen molar-refractivity contribution in [2.75, 3.05) is 17.2 Å². The van der Waals surface area contributed by atoms with Crippen molar-refractivity contribution < 1.29 is 22.8 Å². The number of amides is 3. The van der Waals surface area contributed by atoms with E-state index >= 15 is 0 Å². The molecule has 0 spiro atoms. The van der Waals surface area contributed by atoms with Crippen LogP contribution in [0, 0.1) is 0 Å². The van der Waals surface area contributed by atoms with E-state index < -0.39 is 18.8 Å². The molecule has 0 aliphatic carbocycles. The van der Waals surface area contributed by atoms with Crippen molar-refractivity contribution in [3.05, 3.63) is 30.2 Å². The van der Waals surface area contributed by atoms with Crippen LogP contribution in [0.3, 0.4) is 0 Å². The Morgan fingerprint density at radius 2 is 1.96 bits per heavy atom. The van der Waals surface area contributed by atoms with Crippen LogP contribution < -0.4 is 16.0 Å². The summed E-state index contributed by atoms with van der Waals surface area (Å²) in [5, 5.41) is 6.37. The van der Waals surface area contributed by atoms with Crippen LogP contribution in [0.4, 0.5) is 29.7 Å². The van der Waals surface area contributed by atoms with Crippen LogP contribution in [0.1, 0.15) is 5.56 Å². The minimum Gasteiger partial charge on any atom is -0.329 e. The number of nitrogens with one attached hydrogen (secondary N) is 3. The van der Waals surface area contributed by atoms with E-state index in [4.69, 9.17) is 0 Å². The van der Waals surface area contributed by atoms with Crippen molar-refractivity contribution in [1.29, 1.82) is 0 Å². The van der Waals surface area contributed by atoms with Crippen LogP contribution in [-0.4, -0.2) is 39.6 Å². The van der Waals surface area contributed by atoms with Gasteiger partial charge in [-0.1, -0.05) is 0 Å². The van der Waals surface area contributed by atoms with Crippen molar-refractivity contribution in [3.8, 4) is 11.1 Å². The number of alkyl halides is 3. The molecule has 25 heavy (non-hydrogen) atoms. The van der Waals surface area contributed by atoms with E-state index in [1.165, 1.54) is 18.6 Å². The Balaban J connectivity index is 1.71. The van der Waals surface area contributed by atoms with E-state index in [1.807, 2.05) is 0 Å². The third kappa shape index (κ3) is 4.00. The predicted octanol–water partition coefficient (Wildman–Crippen LogP) is 1.72. The molecule has 0 radical (unpaired) electrons. The monoisotopic (exact) mass is 352 g/mol. The number of urea groups is 1. The average Bonchev–Trinajstić information content (AvgIpc) is 2.93. The zero-order valence-electron chi connectivity index (χ0n) is 12.5. The molecule has 3 N–H and O–H groups in total. The van der Waals surface area contributed by atoms with Gasteiger partial charge in [-0.15, -0.1) is 0 Å². The third-order valence-corrected chi connectivity index (χ3v) is 3.29. The Morgan fingerprint density at radius 3 is 2.64 bits per heavy atom. The van der Waals surface area contributed by atoms with Gasteiger partial charge in [-0.05, 0) is 11.6 Å². The lowest BCUT2D eigenvalue weighted by molar-refractivity contribution is -0.122. The van der Waals surface area contributed by atoms with Crippen molar-refractivity contribution in [1.82, 2.24) is 20.3 Å². The smallest absolute Gasteiger partial charge is 0.329 e. The number of fused-ring (bicyclic) bond motifs is 1. The van der Waals surface area contributed by atoms with Gasteiger partial charge in [0.1, 0.15) is 12.4 Å². The lowest BCUT2D eigenvalue weighted by atomic mass is 10.0. The number of hydrogen-bond donors (Lipinski definition) is 3. The highest BCUT2D eigenvalue weighted by Crippen LogP contribution is 2.31. The number of rotatable bonds is 3. The van der Waals surface area contributed by atoms with Gasteiger partial charge in [0, 0.05) is 29.7 Å². The summed E-state index contributed by atoms with van der Waals surface area (Å²) in [5.74, 6) is 0.148. The lowest BCUT2D eigenvalue weighted by Crippen LogP contribution is -2.37. The Hall–Kier alpha value is -3.24. The second-order valence-corrected chi connectivity index (χ2v) is 5.13. The fraction of sp³-hybridized carbons (Fsp3) is 0.214. The normalized spacial score (nSPS) is 13.2. The highest BCUT2D eigenvalue weighted by Gasteiger charge is 2.28. The standard InChI is InChI=1S/C14H11F3N6O2/c15-14(16,17)6-21-13(25)23-12-19-4-7(5-20-12)8-1-2-18-11-9(8)3-10(24)22-11/h1-2,4-5H,3,6H2,(H,18,22,24)(H2,19,20,21,23,25). The molecule has 3 amide bonds. The molecule has 11 heteroatoms. The fourth-order valence-corrected chi connectivity index (χ4v) is 2.24. The maximum absolute atomic E-state index is 12.0. The zero-order chi connectivity index (χ0) is 18.0. The van der Waals surface area contributed by atoms with Crippen LogP contribution in [0.15, 0.2) is 24.7 Å². The SMILES string of the molecule is O=C1Cc2c(-c3cnc(NC(=O)NCC(F)(F)F)nc3)ccnc2N1. The van der Waals surface area contributed by atoms with Crippen LogP contribution in [0.25, 0.3) is 11.1 Å². The predicted molar refractivity (Wildman–Crippen MR) is 80.7 cm³/mol. The molecule has 3 heterocycles. The van der Waals surface area contributed by atoms with Crippen molar-refractivity contribution in [2.45, 2.75) is 12.6 Å². The molecule has 0 saturated carbocycles. The summed E-state index contributed by atoms with van der Waals surface area (Å²) >= 11 is 0. The summed E-state index contributed by atoms with van der Waals surface area (Å²) < 4.78 is 36.1. The molecular formula is C14H11F3N6O2. The van der Waals surface area contributed by atoms with E-state index in [-0.39, 0.29) is 18.3 Å². The van der Waals surface area contributed by atoms with Gasteiger partial charge in [0.2, 0.25) is 11.9 Å². The van der Waals surface area contributed by atoms with Crippen molar-refractivity contribution >= 4 is 23.7 Å². The van der Waals surface area contributed by atoms with Gasteiger partial charge in [0.05, 0.1) is 6.42 Å². The first-order chi connectivity index (χ1) is 11.8. The summed E-state index contributed by atoms with van der Waals surface area (Å²) in [4.78, 5) is 34.7. The number of carbonyl (C=O) groups excluding carboxylic acids is 2. The molecule has 0 aromatic carbocycles. The molecule has 130 valence electrons. The third-order valence-electron chi connectivity index (χ3n) is 3.29. The molecule has 8 nitrogen and oxygen atoms in total. The summed E-state index contributed by atoms with van der Waals surface area (Å²) in [6.07, 6.45) is -0.0142. The summed E-state index contributed by atoms with van der Waals surface area (Å²) in [7, 11) is 0. The van der Waals surface area contributed by atoms with Crippen molar-refractivity contribution in [2.24, 2.45) is 0 Å². The number of halogens is 3. The molecule has 0 fully saturated rings. The van der Waals surface area contributed by atoms with Crippen LogP contribution >= 0.6 is 0 Å². The largest absolute Gasteiger partial charge is 0.405 e. The Kier molecular flexibility index (Phi) is 4.21. The first-order valence-corrected chi connectivity index (χ1v) is 7.03. The summed E-state index contributed by atoms with van der Waals surface area (Å²) in [6.45, 7) is -1.46. The average molecular weight is 352 g/mol. The molecule has 2 aromatic heterocycles. The Labute approximate surface area is 138 Å². The minimum absolute atomic E-state index is 0.150. The van der Waals surface area contributed by atoms with E-state index in [1.54, 1.807) is 11.4 Å². The van der Waals surface area contributed by atoms with E-state index in [0.29, 0.717) is 22.5 Å². The van der Waals surface area contributed by atoms with Gasteiger partial charge in [-0.3, -0.25) is 10.1 Å². The molecule has 0 saturated heterocycles. The lowest BCUT2D eigenvalue weighted by Gasteiger charge is -2.09. The van der Waals surface area contributed by atoms with Gasteiger partial charge >= 0.3 is 12.2 Å². The van der Waals surface area contributed by atoms with E-state index in [0.717, 1.165) is 0 Å². The molecule has 0 atom stereocenters. The van der Waals surface area contributed by atoms with Gasteiger partial charge in [-0.25, -0.2) is 19.7 Å². The highest BCUT2D eigenvalue weighted by molar-refractivity contribution is 6.00. The van der Waals surface area contributed by atoms with Gasteiger partial charge in [0.25, 0.3) is 0 Å². The molecular weight excluding hydrogens is 341 g/mol. The first-order valence-electron chi connectivity index (χ1n) is 7.03. The Bertz CT molecular complexity index is 822. The maximum atomic E-state index is 12.0. The quantitative estimate of drug-likeness (QED) is 0.779. The van der Waals surface area contributed by atoms with Crippen molar-refractivity contribution in [3.63, 3.8) is 0 Å². The molecule has 1 aliphatic heterocycles. The summed E-state index contributed by atoms with van der Waals surface area (Å²) in [6, 6.07) is 0.630. The van der Waals surface area contributed by atoms with Gasteiger partial charge in [-0.2, -0.15) is 13.2 Å². The molecule has 0 unspecified atom stereocenters. The molecule has 3 rings (SSSR count). The number of aromatic nitrogens is 3. The molecule has 2 aromatic rings. The van der Waals surface area contributed by atoms with E-state index in [9.17, 15) is 22.8 Å². The maximum Gasteiger partial charge on any atom is 0.405 e. The van der Waals surface area contributed by atoms with Crippen LogP contribution in [-0.2, 0) is 11.2 Å². The second kappa shape index (κ2) is 6.34. The molecule has 1 aliphatic rings.